The maximum Gasteiger partial charge on any atom is 0.115 e. The molecule has 2 unspecified atom stereocenters. The zero-order valence-electron chi connectivity index (χ0n) is 13.2. The van der Waals surface area contributed by atoms with Crippen LogP contribution in [0, 0.1) is 5.92 Å². The van der Waals surface area contributed by atoms with Gasteiger partial charge in [-0.05, 0) is 48.9 Å². The summed E-state index contributed by atoms with van der Waals surface area (Å²) in [6.45, 7) is 2.18. The first-order valence-corrected chi connectivity index (χ1v) is 8.34. The van der Waals surface area contributed by atoms with Crippen LogP contribution in [0.5, 0.6) is 5.75 Å². The highest BCUT2D eigenvalue weighted by molar-refractivity contribution is 5.29. The van der Waals surface area contributed by atoms with Crippen molar-refractivity contribution in [1.82, 2.24) is 5.32 Å². The van der Waals surface area contributed by atoms with Crippen LogP contribution in [0.15, 0.2) is 54.6 Å². The minimum absolute atomic E-state index is 0.220. The molecule has 2 atom stereocenters. The fraction of sp³-hybridized carbons (Fsp3) is 0.400. The Balaban J connectivity index is 1.80. The number of phenols is 1. The molecule has 116 valence electrons. The minimum Gasteiger partial charge on any atom is -0.508 e. The normalized spacial score (nSPS) is 18.2. The first-order chi connectivity index (χ1) is 10.7. The molecule has 2 heteroatoms. The molecule has 1 aliphatic carbocycles. The van der Waals surface area contributed by atoms with Crippen molar-refractivity contribution in [3.8, 4) is 5.75 Å². The Kier molecular flexibility index (Phi) is 4.79. The average molecular weight is 295 g/mol. The lowest BCUT2D eigenvalue weighted by Gasteiger charge is -2.29. The van der Waals surface area contributed by atoms with Crippen molar-refractivity contribution in [2.75, 3.05) is 0 Å². The van der Waals surface area contributed by atoms with Gasteiger partial charge in [0.2, 0.25) is 0 Å². The van der Waals surface area contributed by atoms with Gasteiger partial charge in [0.1, 0.15) is 5.75 Å². The molecule has 1 aliphatic rings. The lowest BCUT2D eigenvalue weighted by atomic mass is 9.90. The van der Waals surface area contributed by atoms with Crippen LogP contribution in [-0.4, -0.2) is 5.11 Å². The molecule has 3 rings (SSSR count). The molecule has 2 aromatic rings. The Morgan fingerprint density at radius 1 is 0.955 bits per heavy atom. The summed E-state index contributed by atoms with van der Waals surface area (Å²) in [5.41, 5.74) is 2.51. The van der Waals surface area contributed by atoms with E-state index in [9.17, 15) is 5.11 Å². The number of rotatable bonds is 5. The van der Waals surface area contributed by atoms with Gasteiger partial charge in [-0.1, -0.05) is 55.3 Å². The van der Waals surface area contributed by atoms with Crippen molar-refractivity contribution in [2.24, 2.45) is 5.92 Å². The van der Waals surface area contributed by atoms with Gasteiger partial charge in [0.15, 0.2) is 0 Å². The van der Waals surface area contributed by atoms with Crippen LogP contribution >= 0.6 is 0 Å². The Bertz CT molecular complexity index is 590. The molecule has 0 aromatic heterocycles. The van der Waals surface area contributed by atoms with Gasteiger partial charge in [-0.15, -0.1) is 0 Å². The number of aromatic hydroxyl groups is 1. The largest absolute Gasteiger partial charge is 0.508 e. The molecule has 0 aliphatic heterocycles. The van der Waals surface area contributed by atoms with E-state index in [4.69, 9.17) is 0 Å². The fourth-order valence-corrected chi connectivity index (χ4v) is 3.62. The minimum atomic E-state index is 0.220. The number of phenolic OH excluding ortho intramolecular Hbond substituents is 1. The highest BCUT2D eigenvalue weighted by Crippen LogP contribution is 2.37. The van der Waals surface area contributed by atoms with E-state index in [1.807, 2.05) is 12.1 Å². The van der Waals surface area contributed by atoms with Crippen LogP contribution in [0.4, 0.5) is 0 Å². The second-order valence-electron chi connectivity index (χ2n) is 6.42. The summed E-state index contributed by atoms with van der Waals surface area (Å²) in [4.78, 5) is 0. The lowest BCUT2D eigenvalue weighted by Crippen LogP contribution is -2.29. The van der Waals surface area contributed by atoms with Crippen LogP contribution in [0.2, 0.25) is 0 Å². The molecule has 0 radical (unpaired) electrons. The van der Waals surface area contributed by atoms with Crippen molar-refractivity contribution in [3.63, 3.8) is 0 Å². The van der Waals surface area contributed by atoms with E-state index in [-0.39, 0.29) is 6.04 Å². The Morgan fingerprint density at radius 3 is 2.32 bits per heavy atom. The number of nitrogens with one attached hydrogen (secondary N) is 1. The molecule has 0 amide bonds. The molecular formula is C20H25NO. The van der Waals surface area contributed by atoms with E-state index in [1.54, 1.807) is 6.07 Å². The molecule has 2 N–H and O–H groups in total. The molecule has 0 saturated heterocycles. The Labute approximate surface area is 133 Å². The van der Waals surface area contributed by atoms with Crippen molar-refractivity contribution in [1.29, 1.82) is 0 Å². The number of benzene rings is 2. The molecular weight excluding hydrogens is 270 g/mol. The molecule has 0 spiro atoms. The van der Waals surface area contributed by atoms with E-state index in [2.05, 4.69) is 48.6 Å². The topological polar surface area (TPSA) is 32.3 Å². The zero-order chi connectivity index (χ0) is 15.4. The summed E-state index contributed by atoms with van der Waals surface area (Å²) in [6.07, 6.45) is 5.30. The molecule has 2 aromatic carbocycles. The van der Waals surface area contributed by atoms with Gasteiger partial charge in [0.25, 0.3) is 0 Å². The average Bonchev–Trinajstić information content (AvgIpc) is 3.07. The molecule has 2 nitrogen and oxygen atoms in total. The van der Waals surface area contributed by atoms with Gasteiger partial charge in [0.05, 0.1) is 0 Å². The predicted molar refractivity (Wildman–Crippen MR) is 90.8 cm³/mol. The monoisotopic (exact) mass is 295 g/mol. The van der Waals surface area contributed by atoms with Crippen LogP contribution in [0.1, 0.15) is 55.8 Å². The van der Waals surface area contributed by atoms with Crippen LogP contribution in [-0.2, 0) is 0 Å². The summed E-state index contributed by atoms with van der Waals surface area (Å²) >= 11 is 0. The standard InChI is InChI=1S/C20H25NO/c1-15(18-12-7-13-19(22)14-18)21-20(17-10-5-6-11-17)16-8-3-2-4-9-16/h2-4,7-9,12-15,17,20-22H,5-6,10-11H2,1H3. The van der Waals surface area contributed by atoms with Gasteiger partial charge in [-0.2, -0.15) is 0 Å². The van der Waals surface area contributed by atoms with Gasteiger partial charge < -0.3 is 10.4 Å². The second kappa shape index (κ2) is 6.97. The van der Waals surface area contributed by atoms with Crippen LogP contribution in [0.3, 0.4) is 0 Å². The van der Waals surface area contributed by atoms with Crippen molar-refractivity contribution in [2.45, 2.75) is 44.7 Å². The van der Waals surface area contributed by atoms with Gasteiger partial charge in [0, 0.05) is 12.1 Å². The summed E-state index contributed by atoms with van der Waals surface area (Å²) in [5, 5.41) is 13.5. The highest BCUT2D eigenvalue weighted by atomic mass is 16.3. The maximum atomic E-state index is 9.70. The summed E-state index contributed by atoms with van der Waals surface area (Å²) in [7, 11) is 0. The quantitative estimate of drug-likeness (QED) is 0.816. The molecule has 0 heterocycles. The predicted octanol–water partition coefficient (Wildman–Crippen LogP) is 4.97. The van der Waals surface area contributed by atoms with E-state index in [1.165, 1.54) is 31.2 Å². The number of hydrogen-bond acceptors (Lipinski definition) is 2. The fourth-order valence-electron chi connectivity index (χ4n) is 3.62. The summed E-state index contributed by atoms with van der Waals surface area (Å²) < 4.78 is 0. The highest BCUT2D eigenvalue weighted by Gasteiger charge is 2.27. The van der Waals surface area contributed by atoms with E-state index in [0.717, 1.165) is 5.56 Å². The Hall–Kier alpha value is -1.80. The number of hydrogen-bond donors (Lipinski definition) is 2. The molecule has 1 fully saturated rings. The molecule has 22 heavy (non-hydrogen) atoms. The van der Waals surface area contributed by atoms with Crippen LogP contribution < -0.4 is 5.32 Å². The third-order valence-corrected chi connectivity index (χ3v) is 4.83. The molecule has 0 bridgehead atoms. The zero-order valence-corrected chi connectivity index (χ0v) is 13.2. The summed E-state index contributed by atoms with van der Waals surface area (Å²) in [6, 6.07) is 19.0. The SMILES string of the molecule is CC(NC(c1ccccc1)C1CCCC1)c1cccc(O)c1. The lowest BCUT2D eigenvalue weighted by molar-refractivity contribution is 0.338. The Morgan fingerprint density at radius 2 is 1.64 bits per heavy atom. The third-order valence-electron chi connectivity index (χ3n) is 4.83. The van der Waals surface area contributed by atoms with Crippen molar-refractivity contribution < 1.29 is 5.11 Å². The van der Waals surface area contributed by atoms with Crippen LogP contribution in [0.25, 0.3) is 0 Å². The van der Waals surface area contributed by atoms with Gasteiger partial charge in [-0.25, -0.2) is 0 Å². The van der Waals surface area contributed by atoms with Crippen molar-refractivity contribution >= 4 is 0 Å². The third kappa shape index (κ3) is 3.50. The van der Waals surface area contributed by atoms with E-state index >= 15 is 0 Å². The first kappa shape index (κ1) is 15.1. The maximum absolute atomic E-state index is 9.70. The smallest absolute Gasteiger partial charge is 0.115 e. The molecule has 1 saturated carbocycles. The van der Waals surface area contributed by atoms with Gasteiger partial charge in [-0.3, -0.25) is 0 Å². The van der Waals surface area contributed by atoms with E-state index < -0.39 is 0 Å². The second-order valence-corrected chi connectivity index (χ2v) is 6.42. The van der Waals surface area contributed by atoms with E-state index in [0.29, 0.717) is 17.7 Å². The van der Waals surface area contributed by atoms with Gasteiger partial charge >= 0.3 is 0 Å². The summed E-state index contributed by atoms with van der Waals surface area (Å²) in [5.74, 6) is 1.05. The first-order valence-electron chi connectivity index (χ1n) is 8.34. The van der Waals surface area contributed by atoms with Crippen molar-refractivity contribution in [3.05, 3.63) is 65.7 Å².